The van der Waals surface area contributed by atoms with E-state index in [1.807, 2.05) is 6.92 Å². The molecule has 2 aliphatic carbocycles. The number of hydrogen-bond donors (Lipinski definition) is 1. The van der Waals surface area contributed by atoms with Crippen molar-refractivity contribution in [3.8, 4) is 0 Å². The SMILES string of the molecule is CC(NC(=O)OCC1(CC=O)CCCCC1)C1CC1. The fourth-order valence-corrected chi connectivity index (χ4v) is 3.05. The lowest BCUT2D eigenvalue weighted by Gasteiger charge is -2.35. The number of aldehydes is 1. The summed E-state index contributed by atoms with van der Waals surface area (Å²) in [6, 6.07) is 0.209. The van der Waals surface area contributed by atoms with Crippen LogP contribution in [0.25, 0.3) is 0 Å². The maximum atomic E-state index is 11.8. The monoisotopic (exact) mass is 267 g/mol. The normalized spacial score (nSPS) is 23.4. The summed E-state index contributed by atoms with van der Waals surface area (Å²) in [5.74, 6) is 0.631. The number of nitrogens with one attached hydrogen (secondary N) is 1. The van der Waals surface area contributed by atoms with Crippen LogP contribution in [-0.4, -0.2) is 25.0 Å². The fourth-order valence-electron chi connectivity index (χ4n) is 3.05. The largest absolute Gasteiger partial charge is 0.449 e. The first kappa shape index (κ1) is 14.4. The molecule has 0 saturated heterocycles. The highest BCUT2D eigenvalue weighted by atomic mass is 16.5. The van der Waals surface area contributed by atoms with E-state index in [0.29, 0.717) is 18.9 Å². The third kappa shape index (κ3) is 4.22. The molecule has 0 aromatic rings. The van der Waals surface area contributed by atoms with E-state index in [0.717, 1.165) is 32.0 Å². The summed E-state index contributed by atoms with van der Waals surface area (Å²) >= 11 is 0. The van der Waals surface area contributed by atoms with E-state index in [4.69, 9.17) is 4.74 Å². The van der Waals surface area contributed by atoms with Crippen LogP contribution < -0.4 is 5.32 Å². The number of carbonyl (C=O) groups excluding carboxylic acids is 2. The molecule has 1 atom stereocenters. The van der Waals surface area contributed by atoms with E-state index in [1.54, 1.807) is 0 Å². The Morgan fingerprint density at radius 1 is 1.37 bits per heavy atom. The second-order valence-corrected chi connectivity index (χ2v) is 6.28. The standard InChI is InChI=1S/C15H25NO3/c1-12(13-5-6-13)16-14(18)19-11-15(9-10-17)7-3-2-4-8-15/h10,12-13H,2-9,11H2,1H3,(H,16,18). The molecule has 4 nitrogen and oxygen atoms in total. The van der Waals surface area contributed by atoms with Crippen LogP contribution >= 0.6 is 0 Å². The zero-order chi connectivity index (χ0) is 13.7. The third-order valence-corrected chi connectivity index (χ3v) is 4.61. The molecule has 2 fully saturated rings. The molecule has 1 N–H and O–H groups in total. The number of amides is 1. The summed E-state index contributed by atoms with van der Waals surface area (Å²) in [7, 11) is 0. The van der Waals surface area contributed by atoms with E-state index in [2.05, 4.69) is 5.32 Å². The van der Waals surface area contributed by atoms with Gasteiger partial charge >= 0.3 is 6.09 Å². The first-order valence-electron chi connectivity index (χ1n) is 7.52. The van der Waals surface area contributed by atoms with Gasteiger partial charge in [-0.25, -0.2) is 4.79 Å². The van der Waals surface area contributed by atoms with Crippen LogP contribution in [0.4, 0.5) is 4.79 Å². The van der Waals surface area contributed by atoms with E-state index in [1.165, 1.54) is 19.3 Å². The van der Waals surface area contributed by atoms with Gasteiger partial charge in [-0.05, 0) is 38.5 Å². The summed E-state index contributed by atoms with van der Waals surface area (Å²) in [5, 5.41) is 2.89. The number of ether oxygens (including phenoxy) is 1. The quantitative estimate of drug-likeness (QED) is 0.752. The lowest BCUT2D eigenvalue weighted by atomic mass is 9.73. The summed E-state index contributed by atoms with van der Waals surface area (Å²) < 4.78 is 5.38. The molecule has 0 aromatic heterocycles. The van der Waals surface area contributed by atoms with Gasteiger partial charge < -0.3 is 14.8 Å². The molecule has 0 spiro atoms. The Hall–Kier alpha value is -1.06. The minimum Gasteiger partial charge on any atom is -0.449 e. The lowest BCUT2D eigenvalue weighted by Crippen LogP contribution is -2.38. The number of hydrogen-bond acceptors (Lipinski definition) is 3. The van der Waals surface area contributed by atoms with E-state index in [-0.39, 0.29) is 17.6 Å². The van der Waals surface area contributed by atoms with Crippen molar-refractivity contribution in [2.24, 2.45) is 11.3 Å². The van der Waals surface area contributed by atoms with Crippen LogP contribution in [-0.2, 0) is 9.53 Å². The molecule has 2 rings (SSSR count). The van der Waals surface area contributed by atoms with Crippen LogP contribution in [0.2, 0.25) is 0 Å². The zero-order valence-corrected chi connectivity index (χ0v) is 11.8. The van der Waals surface area contributed by atoms with Crippen molar-refractivity contribution in [3.05, 3.63) is 0 Å². The van der Waals surface area contributed by atoms with Crippen molar-refractivity contribution >= 4 is 12.4 Å². The topological polar surface area (TPSA) is 55.4 Å². The van der Waals surface area contributed by atoms with Crippen LogP contribution in [0, 0.1) is 11.3 Å². The Kier molecular flexibility index (Phi) is 4.83. The molecule has 0 bridgehead atoms. The highest BCUT2D eigenvalue weighted by Crippen LogP contribution is 2.39. The predicted molar refractivity (Wildman–Crippen MR) is 72.9 cm³/mol. The second-order valence-electron chi connectivity index (χ2n) is 6.28. The third-order valence-electron chi connectivity index (χ3n) is 4.61. The van der Waals surface area contributed by atoms with Gasteiger partial charge in [0.25, 0.3) is 0 Å². The van der Waals surface area contributed by atoms with Gasteiger partial charge in [-0.15, -0.1) is 0 Å². The minimum absolute atomic E-state index is 0.0971. The number of alkyl carbamates (subject to hydrolysis) is 1. The molecular weight excluding hydrogens is 242 g/mol. The molecule has 1 unspecified atom stereocenters. The van der Waals surface area contributed by atoms with Gasteiger partial charge in [0, 0.05) is 17.9 Å². The predicted octanol–water partition coefficient (Wildman–Crippen LogP) is 3.05. The zero-order valence-electron chi connectivity index (χ0n) is 11.8. The number of carbonyl (C=O) groups is 2. The molecule has 0 heterocycles. The second kappa shape index (κ2) is 6.40. The van der Waals surface area contributed by atoms with E-state index in [9.17, 15) is 9.59 Å². The van der Waals surface area contributed by atoms with Crippen LogP contribution in [0.3, 0.4) is 0 Å². The van der Waals surface area contributed by atoms with Crippen molar-refractivity contribution in [2.45, 2.75) is 64.3 Å². The molecule has 1 amide bonds. The Balaban J connectivity index is 1.77. The van der Waals surface area contributed by atoms with Gasteiger partial charge in [0.05, 0.1) is 6.61 Å². The molecule has 19 heavy (non-hydrogen) atoms. The molecule has 0 aliphatic heterocycles. The maximum Gasteiger partial charge on any atom is 0.407 e. The first-order valence-corrected chi connectivity index (χ1v) is 7.52. The van der Waals surface area contributed by atoms with E-state index >= 15 is 0 Å². The van der Waals surface area contributed by atoms with Crippen molar-refractivity contribution < 1.29 is 14.3 Å². The molecule has 0 aromatic carbocycles. The summed E-state index contributed by atoms with van der Waals surface area (Å²) in [6.07, 6.45) is 9.06. The Morgan fingerprint density at radius 2 is 2.05 bits per heavy atom. The minimum atomic E-state index is -0.324. The van der Waals surface area contributed by atoms with Gasteiger partial charge in [0.1, 0.15) is 6.29 Å². The highest BCUT2D eigenvalue weighted by Gasteiger charge is 2.34. The van der Waals surface area contributed by atoms with E-state index < -0.39 is 0 Å². The van der Waals surface area contributed by atoms with Gasteiger partial charge in [0.15, 0.2) is 0 Å². The molecular formula is C15H25NO3. The Bertz CT molecular complexity index is 319. The Morgan fingerprint density at radius 3 is 2.63 bits per heavy atom. The van der Waals surface area contributed by atoms with Crippen molar-refractivity contribution in [3.63, 3.8) is 0 Å². The van der Waals surface area contributed by atoms with Crippen molar-refractivity contribution in [1.29, 1.82) is 0 Å². The summed E-state index contributed by atoms with van der Waals surface area (Å²) in [6.45, 7) is 2.41. The average molecular weight is 267 g/mol. The first-order chi connectivity index (χ1) is 9.15. The molecule has 0 radical (unpaired) electrons. The smallest absolute Gasteiger partial charge is 0.407 e. The summed E-state index contributed by atoms with van der Waals surface area (Å²) in [4.78, 5) is 22.6. The van der Waals surface area contributed by atoms with Crippen LogP contribution in [0.15, 0.2) is 0 Å². The molecule has 2 aliphatic rings. The molecule has 4 heteroatoms. The van der Waals surface area contributed by atoms with Crippen molar-refractivity contribution in [2.75, 3.05) is 6.61 Å². The van der Waals surface area contributed by atoms with Gasteiger partial charge in [0.2, 0.25) is 0 Å². The van der Waals surface area contributed by atoms with Gasteiger partial charge in [-0.1, -0.05) is 19.3 Å². The number of rotatable bonds is 6. The van der Waals surface area contributed by atoms with Crippen LogP contribution in [0.5, 0.6) is 0 Å². The molecule has 2 saturated carbocycles. The molecule has 108 valence electrons. The maximum absolute atomic E-state index is 11.8. The highest BCUT2D eigenvalue weighted by molar-refractivity contribution is 5.67. The Labute approximate surface area is 115 Å². The summed E-state index contributed by atoms with van der Waals surface area (Å²) in [5.41, 5.74) is -0.0971. The van der Waals surface area contributed by atoms with Crippen molar-refractivity contribution in [1.82, 2.24) is 5.32 Å². The van der Waals surface area contributed by atoms with Gasteiger partial charge in [-0.3, -0.25) is 0 Å². The fraction of sp³-hybridized carbons (Fsp3) is 0.867. The van der Waals surface area contributed by atoms with Gasteiger partial charge in [-0.2, -0.15) is 0 Å². The lowest BCUT2D eigenvalue weighted by molar-refractivity contribution is -0.111. The average Bonchev–Trinajstić information content (AvgIpc) is 3.22. The van der Waals surface area contributed by atoms with Crippen LogP contribution in [0.1, 0.15) is 58.3 Å².